The maximum Gasteiger partial charge on any atom is 0.336 e. The molecule has 1 N–H and O–H groups in total. The highest BCUT2D eigenvalue weighted by Crippen LogP contribution is 2.32. The number of ether oxygens (including phenoxy) is 1. The second kappa shape index (κ2) is 8.51. The molecule has 162 valence electrons. The molecule has 1 fully saturated rings. The Balaban J connectivity index is 1.43. The third-order valence-electron chi connectivity index (χ3n) is 5.94. The lowest BCUT2D eigenvalue weighted by atomic mass is 9.85. The molecule has 1 atom stereocenters. The number of aliphatic hydroxyl groups is 1. The molecule has 1 aromatic carbocycles. The minimum absolute atomic E-state index is 0.142. The van der Waals surface area contributed by atoms with Crippen LogP contribution in [0, 0.1) is 0 Å². The number of likely N-dealkylation sites (tertiary alicyclic amines) is 1. The van der Waals surface area contributed by atoms with E-state index in [1.165, 1.54) is 6.07 Å². The van der Waals surface area contributed by atoms with Crippen LogP contribution in [0.4, 0.5) is 0 Å². The highest BCUT2D eigenvalue weighted by Gasteiger charge is 2.36. The van der Waals surface area contributed by atoms with Crippen LogP contribution in [0.3, 0.4) is 0 Å². The van der Waals surface area contributed by atoms with Crippen molar-refractivity contribution in [3.63, 3.8) is 0 Å². The molecule has 3 aromatic rings. The zero-order chi connectivity index (χ0) is 22.0. The number of carbonyl (C=O) groups is 1. The largest absolute Gasteiger partial charge is 0.481 e. The molecule has 1 aliphatic heterocycles. The molecule has 0 radical (unpaired) electrons. The molecule has 7 nitrogen and oxygen atoms in total. The van der Waals surface area contributed by atoms with E-state index < -0.39 is 17.3 Å². The number of fused-ring (bicyclic) bond motifs is 1. The Morgan fingerprint density at radius 1 is 1.29 bits per heavy atom. The summed E-state index contributed by atoms with van der Waals surface area (Å²) in [6.07, 6.45) is 4.24. The maximum atomic E-state index is 12.9. The average Bonchev–Trinajstić information content (AvgIpc) is 2.79. The quantitative estimate of drug-likeness (QED) is 0.636. The van der Waals surface area contributed by atoms with Gasteiger partial charge in [-0.3, -0.25) is 9.78 Å². The van der Waals surface area contributed by atoms with Crippen LogP contribution in [0.5, 0.6) is 5.75 Å². The van der Waals surface area contributed by atoms with Gasteiger partial charge >= 0.3 is 5.63 Å². The molecule has 1 saturated heterocycles. The van der Waals surface area contributed by atoms with Gasteiger partial charge in [-0.05, 0) is 49.9 Å². The molecule has 0 bridgehead atoms. The summed E-state index contributed by atoms with van der Waals surface area (Å²) in [6, 6.07) is 10.4. The van der Waals surface area contributed by atoms with Gasteiger partial charge in [-0.15, -0.1) is 0 Å². The van der Waals surface area contributed by atoms with Gasteiger partial charge in [0.1, 0.15) is 11.3 Å². The minimum atomic E-state index is -0.970. The number of hydrogen-bond donors (Lipinski definition) is 1. The average molecular weight is 422 g/mol. The maximum absolute atomic E-state index is 12.9. The van der Waals surface area contributed by atoms with Crippen LogP contribution in [0.1, 0.15) is 37.8 Å². The van der Waals surface area contributed by atoms with Crippen molar-refractivity contribution < 1.29 is 19.1 Å². The minimum Gasteiger partial charge on any atom is -0.481 e. The van der Waals surface area contributed by atoms with Crippen LogP contribution < -0.4 is 10.4 Å². The molecule has 1 unspecified atom stereocenters. The fourth-order valence-corrected chi connectivity index (χ4v) is 4.11. The fourth-order valence-electron chi connectivity index (χ4n) is 4.11. The van der Waals surface area contributed by atoms with Crippen molar-refractivity contribution >= 4 is 16.9 Å². The van der Waals surface area contributed by atoms with Crippen molar-refractivity contribution in [2.24, 2.45) is 0 Å². The number of benzene rings is 1. The highest BCUT2D eigenvalue weighted by atomic mass is 16.5. The van der Waals surface area contributed by atoms with Crippen LogP contribution in [0.25, 0.3) is 11.0 Å². The lowest BCUT2D eigenvalue weighted by Crippen LogP contribution is -2.49. The van der Waals surface area contributed by atoms with E-state index in [9.17, 15) is 14.7 Å². The van der Waals surface area contributed by atoms with Crippen molar-refractivity contribution in [3.8, 4) is 5.75 Å². The van der Waals surface area contributed by atoms with Crippen molar-refractivity contribution in [1.82, 2.24) is 9.88 Å². The van der Waals surface area contributed by atoms with E-state index >= 15 is 0 Å². The Morgan fingerprint density at radius 2 is 2.06 bits per heavy atom. The number of aromatic nitrogens is 1. The summed E-state index contributed by atoms with van der Waals surface area (Å²) < 4.78 is 11.2. The Kier molecular flexibility index (Phi) is 5.78. The zero-order valence-electron chi connectivity index (χ0n) is 17.7. The monoisotopic (exact) mass is 422 g/mol. The van der Waals surface area contributed by atoms with Gasteiger partial charge < -0.3 is 19.2 Å². The molecule has 31 heavy (non-hydrogen) atoms. The molecule has 7 heteroatoms. The molecule has 0 spiro atoms. The Labute approximate surface area is 180 Å². The van der Waals surface area contributed by atoms with E-state index in [1.807, 2.05) is 19.1 Å². The SMILES string of the molecule is CCc1cc(=O)oc2cc(OC(C)C(=O)N3CCC(O)(c4cccnc4)CC3)ccc12. The van der Waals surface area contributed by atoms with Crippen LogP contribution in [-0.4, -0.2) is 40.1 Å². The molecule has 1 aliphatic rings. The molecular formula is C24H26N2O5. The topological polar surface area (TPSA) is 92.9 Å². The summed E-state index contributed by atoms with van der Waals surface area (Å²) in [5.41, 5.74) is 0.759. The standard InChI is InChI=1S/C24H26N2O5/c1-3-17-13-22(27)31-21-14-19(6-7-20(17)21)30-16(2)23(28)26-11-8-24(29,9-12-26)18-5-4-10-25-15-18/h4-7,10,13-16,29H,3,8-9,11-12H2,1-2H3. The number of amides is 1. The second-order valence-electron chi connectivity index (χ2n) is 7.96. The molecular weight excluding hydrogens is 396 g/mol. The van der Waals surface area contributed by atoms with Crippen molar-refractivity contribution in [2.75, 3.05) is 13.1 Å². The van der Waals surface area contributed by atoms with Crippen molar-refractivity contribution in [1.29, 1.82) is 0 Å². The first-order chi connectivity index (χ1) is 14.9. The third-order valence-corrected chi connectivity index (χ3v) is 5.94. The van der Waals surface area contributed by atoms with Gasteiger partial charge in [-0.1, -0.05) is 13.0 Å². The normalized spacial score (nSPS) is 16.8. The van der Waals surface area contributed by atoms with Crippen LogP contribution in [0.2, 0.25) is 0 Å². The van der Waals surface area contributed by atoms with Crippen LogP contribution >= 0.6 is 0 Å². The molecule has 4 rings (SSSR count). The van der Waals surface area contributed by atoms with Gasteiger partial charge in [0.15, 0.2) is 6.10 Å². The number of pyridine rings is 1. The van der Waals surface area contributed by atoms with Crippen molar-refractivity contribution in [3.05, 3.63) is 70.3 Å². The summed E-state index contributed by atoms with van der Waals surface area (Å²) in [5.74, 6) is 0.325. The van der Waals surface area contributed by atoms with Crippen LogP contribution in [-0.2, 0) is 16.8 Å². The summed E-state index contributed by atoms with van der Waals surface area (Å²) >= 11 is 0. The Morgan fingerprint density at radius 3 is 2.74 bits per heavy atom. The number of hydrogen-bond acceptors (Lipinski definition) is 6. The predicted molar refractivity (Wildman–Crippen MR) is 116 cm³/mol. The summed E-state index contributed by atoms with van der Waals surface area (Å²) in [6.45, 7) is 4.55. The zero-order valence-corrected chi connectivity index (χ0v) is 17.7. The van der Waals surface area contributed by atoms with E-state index in [4.69, 9.17) is 9.15 Å². The van der Waals surface area contributed by atoms with E-state index in [0.717, 1.165) is 22.9 Å². The number of rotatable bonds is 5. The third kappa shape index (κ3) is 4.32. The van der Waals surface area contributed by atoms with Crippen molar-refractivity contribution in [2.45, 2.75) is 44.8 Å². The van der Waals surface area contributed by atoms with E-state index in [1.54, 1.807) is 42.4 Å². The first-order valence-corrected chi connectivity index (χ1v) is 10.5. The summed E-state index contributed by atoms with van der Waals surface area (Å²) in [4.78, 5) is 30.5. The van der Waals surface area contributed by atoms with Gasteiger partial charge in [-0.25, -0.2) is 4.79 Å². The number of aryl methyl sites for hydroxylation is 1. The number of carbonyl (C=O) groups excluding carboxylic acids is 1. The van der Waals surface area contributed by atoms with E-state index in [0.29, 0.717) is 37.3 Å². The summed E-state index contributed by atoms with van der Waals surface area (Å²) in [7, 11) is 0. The fraction of sp³-hybridized carbons (Fsp3) is 0.375. The summed E-state index contributed by atoms with van der Waals surface area (Å²) in [5, 5.41) is 11.8. The predicted octanol–water partition coefficient (Wildman–Crippen LogP) is 3.03. The smallest absolute Gasteiger partial charge is 0.336 e. The number of nitrogens with zero attached hydrogens (tertiary/aromatic N) is 2. The molecule has 1 amide bonds. The lowest BCUT2D eigenvalue weighted by Gasteiger charge is -2.39. The number of piperidine rings is 1. The first-order valence-electron chi connectivity index (χ1n) is 10.5. The van der Waals surface area contributed by atoms with Gasteiger partial charge in [0.25, 0.3) is 5.91 Å². The van der Waals surface area contributed by atoms with Gasteiger partial charge in [-0.2, -0.15) is 0 Å². The van der Waals surface area contributed by atoms with Gasteiger partial charge in [0, 0.05) is 48.6 Å². The van der Waals surface area contributed by atoms with Gasteiger partial charge in [0.05, 0.1) is 5.60 Å². The van der Waals surface area contributed by atoms with Gasteiger partial charge in [0.2, 0.25) is 0 Å². The highest BCUT2D eigenvalue weighted by molar-refractivity contribution is 5.83. The Hall–Kier alpha value is -3.19. The molecule has 3 heterocycles. The molecule has 2 aromatic heterocycles. The Bertz CT molecular complexity index is 1130. The van der Waals surface area contributed by atoms with Crippen LogP contribution in [0.15, 0.2) is 58.0 Å². The first kappa shape index (κ1) is 21.1. The molecule has 0 saturated carbocycles. The second-order valence-corrected chi connectivity index (χ2v) is 7.96. The lowest BCUT2D eigenvalue weighted by molar-refractivity contribution is -0.142. The van der Waals surface area contributed by atoms with E-state index in [-0.39, 0.29) is 5.91 Å². The molecule has 0 aliphatic carbocycles. The van der Waals surface area contributed by atoms with E-state index in [2.05, 4.69) is 4.98 Å².